The Bertz CT molecular complexity index is 334. The molecule has 1 aromatic heterocycles. The zero-order chi connectivity index (χ0) is 10.7. The van der Waals surface area contributed by atoms with Gasteiger partial charge in [-0.2, -0.15) is 0 Å². The molecule has 1 aromatic rings. The molecule has 0 spiro atoms. The van der Waals surface area contributed by atoms with Gasteiger partial charge in [0.15, 0.2) is 0 Å². The van der Waals surface area contributed by atoms with Crippen LogP contribution in [0.2, 0.25) is 0 Å². The minimum atomic E-state index is -0.251. The van der Waals surface area contributed by atoms with Crippen LogP contribution in [-0.4, -0.2) is 12.1 Å². The van der Waals surface area contributed by atoms with Gasteiger partial charge < -0.3 is 9.15 Å². The zero-order valence-corrected chi connectivity index (χ0v) is 8.99. The van der Waals surface area contributed by atoms with E-state index in [-0.39, 0.29) is 12.1 Å². The first kappa shape index (κ1) is 10.3. The van der Waals surface area contributed by atoms with Crippen molar-refractivity contribution in [2.45, 2.75) is 45.1 Å². The molecule has 3 nitrogen and oxygen atoms in total. The number of hydrogen-bond acceptors (Lipinski definition) is 3. The first-order valence-corrected chi connectivity index (χ1v) is 5.52. The summed E-state index contributed by atoms with van der Waals surface area (Å²) in [5.74, 6) is 0.490. The highest BCUT2D eigenvalue weighted by Gasteiger charge is 2.19. The largest absolute Gasteiger partial charge is 0.469 e. The van der Waals surface area contributed by atoms with E-state index in [1.807, 2.05) is 6.92 Å². The van der Waals surface area contributed by atoms with Crippen molar-refractivity contribution in [3.8, 4) is 0 Å². The molecule has 0 radical (unpaired) electrons. The normalized spacial score (nSPS) is 17.7. The minimum Gasteiger partial charge on any atom is -0.469 e. The highest BCUT2D eigenvalue weighted by atomic mass is 16.5. The Balaban J connectivity index is 1.91. The molecule has 0 N–H and O–H groups in total. The van der Waals surface area contributed by atoms with Gasteiger partial charge in [0.1, 0.15) is 18.1 Å². The first-order chi connectivity index (χ1) is 7.25. The molecule has 0 amide bonds. The van der Waals surface area contributed by atoms with Crippen LogP contribution in [0, 0.1) is 6.92 Å². The van der Waals surface area contributed by atoms with Gasteiger partial charge in [0.05, 0.1) is 5.56 Å². The van der Waals surface area contributed by atoms with Crippen LogP contribution in [0.3, 0.4) is 0 Å². The van der Waals surface area contributed by atoms with Gasteiger partial charge in [-0.05, 0) is 38.7 Å². The van der Waals surface area contributed by atoms with Gasteiger partial charge >= 0.3 is 5.97 Å². The summed E-state index contributed by atoms with van der Waals surface area (Å²) in [6, 6.07) is 1.71. The van der Waals surface area contributed by atoms with Gasteiger partial charge in [0.2, 0.25) is 0 Å². The van der Waals surface area contributed by atoms with Gasteiger partial charge in [0, 0.05) is 0 Å². The number of hydrogen-bond donors (Lipinski definition) is 0. The lowest BCUT2D eigenvalue weighted by molar-refractivity contribution is 0.0210. The van der Waals surface area contributed by atoms with E-state index in [0.29, 0.717) is 5.56 Å². The van der Waals surface area contributed by atoms with Crippen LogP contribution in [0.4, 0.5) is 0 Å². The van der Waals surface area contributed by atoms with Crippen LogP contribution < -0.4 is 0 Å². The van der Waals surface area contributed by atoms with Crippen molar-refractivity contribution in [1.82, 2.24) is 0 Å². The fourth-order valence-electron chi connectivity index (χ4n) is 1.95. The van der Waals surface area contributed by atoms with Crippen LogP contribution in [0.1, 0.15) is 48.2 Å². The Morgan fingerprint density at radius 3 is 2.73 bits per heavy atom. The number of ether oxygens (including phenoxy) is 1. The van der Waals surface area contributed by atoms with E-state index < -0.39 is 0 Å². The van der Waals surface area contributed by atoms with Crippen LogP contribution in [0.25, 0.3) is 0 Å². The molecular formula is C12H16O3. The maximum absolute atomic E-state index is 11.6. The second-order valence-electron chi connectivity index (χ2n) is 4.11. The molecule has 15 heavy (non-hydrogen) atoms. The maximum atomic E-state index is 11.6. The monoisotopic (exact) mass is 208 g/mol. The van der Waals surface area contributed by atoms with Gasteiger partial charge in [-0.25, -0.2) is 4.79 Å². The summed E-state index contributed by atoms with van der Waals surface area (Å²) in [7, 11) is 0. The molecule has 3 heteroatoms. The molecule has 0 atom stereocenters. The number of furan rings is 1. The molecule has 82 valence electrons. The van der Waals surface area contributed by atoms with E-state index in [1.54, 1.807) is 6.07 Å². The van der Waals surface area contributed by atoms with Gasteiger partial charge in [-0.15, -0.1) is 0 Å². The van der Waals surface area contributed by atoms with Gasteiger partial charge in [0.25, 0.3) is 0 Å². The molecule has 0 aromatic carbocycles. The van der Waals surface area contributed by atoms with Gasteiger partial charge in [-0.3, -0.25) is 0 Å². The summed E-state index contributed by atoms with van der Waals surface area (Å²) in [5.41, 5.74) is 0.526. The van der Waals surface area contributed by atoms with Crippen LogP contribution in [-0.2, 0) is 4.74 Å². The quantitative estimate of drug-likeness (QED) is 0.701. The highest BCUT2D eigenvalue weighted by molar-refractivity contribution is 5.89. The molecule has 0 unspecified atom stereocenters. The average Bonchev–Trinajstić information content (AvgIpc) is 2.66. The number of carbonyl (C=O) groups excluding carboxylic acids is 1. The van der Waals surface area contributed by atoms with E-state index in [0.717, 1.165) is 18.6 Å². The second-order valence-corrected chi connectivity index (χ2v) is 4.11. The Kier molecular flexibility index (Phi) is 3.09. The van der Waals surface area contributed by atoms with E-state index in [1.165, 1.54) is 25.5 Å². The molecule has 1 aliphatic rings. The molecule has 1 fully saturated rings. The zero-order valence-electron chi connectivity index (χ0n) is 8.99. The third kappa shape index (κ3) is 2.61. The molecule has 1 heterocycles. The molecular weight excluding hydrogens is 192 g/mol. The van der Waals surface area contributed by atoms with E-state index in [2.05, 4.69) is 0 Å². The van der Waals surface area contributed by atoms with Crippen molar-refractivity contribution in [2.24, 2.45) is 0 Å². The lowest BCUT2D eigenvalue weighted by atomic mass is 9.98. The lowest BCUT2D eigenvalue weighted by Gasteiger charge is -2.21. The topological polar surface area (TPSA) is 39.4 Å². The van der Waals surface area contributed by atoms with Crippen molar-refractivity contribution >= 4 is 5.97 Å². The van der Waals surface area contributed by atoms with Crippen LogP contribution >= 0.6 is 0 Å². The average molecular weight is 208 g/mol. The second kappa shape index (κ2) is 4.51. The molecule has 0 saturated heterocycles. The molecule has 0 bridgehead atoms. The predicted octanol–water partition coefficient (Wildman–Crippen LogP) is 3.08. The molecule has 1 saturated carbocycles. The van der Waals surface area contributed by atoms with Crippen LogP contribution in [0.5, 0.6) is 0 Å². The summed E-state index contributed by atoms with van der Waals surface area (Å²) < 4.78 is 10.5. The summed E-state index contributed by atoms with van der Waals surface area (Å²) in [6.07, 6.45) is 7.18. The third-order valence-electron chi connectivity index (χ3n) is 2.79. The molecule has 0 aliphatic heterocycles. The fourth-order valence-corrected chi connectivity index (χ4v) is 1.95. The highest BCUT2D eigenvalue weighted by Crippen LogP contribution is 2.21. The number of esters is 1. The molecule has 2 rings (SSSR count). The summed E-state index contributed by atoms with van der Waals surface area (Å²) in [5, 5.41) is 0. The van der Waals surface area contributed by atoms with E-state index in [4.69, 9.17) is 9.15 Å². The predicted molar refractivity (Wildman–Crippen MR) is 55.7 cm³/mol. The maximum Gasteiger partial charge on any atom is 0.341 e. The summed E-state index contributed by atoms with van der Waals surface area (Å²) in [6.45, 7) is 1.82. The van der Waals surface area contributed by atoms with Crippen molar-refractivity contribution in [3.05, 3.63) is 23.7 Å². The first-order valence-electron chi connectivity index (χ1n) is 5.52. The van der Waals surface area contributed by atoms with E-state index in [9.17, 15) is 4.79 Å². The number of aryl methyl sites for hydroxylation is 1. The van der Waals surface area contributed by atoms with Crippen LogP contribution in [0.15, 0.2) is 16.7 Å². The smallest absolute Gasteiger partial charge is 0.341 e. The third-order valence-corrected chi connectivity index (χ3v) is 2.79. The van der Waals surface area contributed by atoms with E-state index >= 15 is 0 Å². The Hall–Kier alpha value is -1.25. The summed E-state index contributed by atoms with van der Waals surface area (Å²) in [4.78, 5) is 11.6. The SMILES string of the molecule is Cc1cc(C(=O)OC2CCCCC2)co1. The Morgan fingerprint density at radius 2 is 2.13 bits per heavy atom. The minimum absolute atomic E-state index is 0.112. The van der Waals surface area contributed by atoms with Crippen molar-refractivity contribution < 1.29 is 13.9 Å². The van der Waals surface area contributed by atoms with Gasteiger partial charge in [-0.1, -0.05) is 6.42 Å². The fraction of sp³-hybridized carbons (Fsp3) is 0.583. The van der Waals surface area contributed by atoms with Crippen molar-refractivity contribution in [2.75, 3.05) is 0 Å². The Morgan fingerprint density at radius 1 is 1.40 bits per heavy atom. The molecule has 1 aliphatic carbocycles. The van der Waals surface area contributed by atoms with Crippen molar-refractivity contribution in [1.29, 1.82) is 0 Å². The Labute approximate surface area is 89.4 Å². The summed E-state index contributed by atoms with van der Waals surface area (Å²) >= 11 is 0. The standard InChI is InChI=1S/C12H16O3/c1-9-7-10(8-14-9)12(13)15-11-5-3-2-4-6-11/h7-8,11H,2-6H2,1H3. The van der Waals surface area contributed by atoms with Crippen molar-refractivity contribution in [3.63, 3.8) is 0 Å². The lowest BCUT2D eigenvalue weighted by Crippen LogP contribution is -2.20. The number of carbonyl (C=O) groups is 1. The number of rotatable bonds is 2.